The lowest BCUT2D eigenvalue weighted by Gasteiger charge is -2.39. The topological polar surface area (TPSA) is 90.6 Å². The van der Waals surface area contributed by atoms with Gasteiger partial charge in [-0.3, -0.25) is 0 Å². The van der Waals surface area contributed by atoms with Crippen molar-refractivity contribution in [3.05, 3.63) is 77.9 Å². The van der Waals surface area contributed by atoms with E-state index in [1.54, 1.807) is 35.8 Å². The molecule has 7 nitrogen and oxygen atoms in total. The van der Waals surface area contributed by atoms with Gasteiger partial charge >= 0.3 is 6.03 Å². The van der Waals surface area contributed by atoms with Gasteiger partial charge < -0.3 is 25.0 Å². The van der Waals surface area contributed by atoms with Crippen LogP contribution in [0.3, 0.4) is 0 Å². The van der Waals surface area contributed by atoms with Gasteiger partial charge in [0.25, 0.3) is 0 Å². The van der Waals surface area contributed by atoms with Crippen molar-refractivity contribution in [3.63, 3.8) is 0 Å². The molecule has 7 heteroatoms. The first-order valence-electron chi connectivity index (χ1n) is 11.0. The molecule has 2 amide bonds. The molecule has 33 heavy (non-hydrogen) atoms. The van der Waals surface area contributed by atoms with Crippen LogP contribution >= 0.6 is 0 Å². The molecule has 0 aliphatic carbocycles. The van der Waals surface area contributed by atoms with E-state index < -0.39 is 12.1 Å². The van der Waals surface area contributed by atoms with Crippen LogP contribution in [0.5, 0.6) is 0 Å². The fraction of sp³-hybridized carbons (Fsp3) is 0.308. The maximum Gasteiger partial charge on any atom is 0.317 e. The normalized spacial score (nSPS) is 15.2. The first kappa shape index (κ1) is 22.6. The van der Waals surface area contributed by atoms with Gasteiger partial charge in [0, 0.05) is 44.0 Å². The molecule has 1 saturated heterocycles. The Hall–Kier alpha value is -3.60. The van der Waals surface area contributed by atoms with Crippen molar-refractivity contribution in [3.8, 4) is 23.0 Å². The van der Waals surface area contributed by atoms with Gasteiger partial charge in [-0.15, -0.1) is 0 Å². The lowest BCUT2D eigenvalue weighted by molar-refractivity contribution is 0.153. The van der Waals surface area contributed by atoms with Gasteiger partial charge in [-0.05, 0) is 35.7 Å². The van der Waals surface area contributed by atoms with Gasteiger partial charge in [0.1, 0.15) is 18.0 Å². The molecule has 1 fully saturated rings. The highest BCUT2D eigenvalue weighted by atomic mass is 16.3. The number of aliphatic hydroxyl groups is 2. The van der Waals surface area contributed by atoms with Gasteiger partial charge in [0.2, 0.25) is 0 Å². The van der Waals surface area contributed by atoms with E-state index in [1.165, 1.54) is 5.56 Å². The molecule has 0 spiro atoms. The van der Waals surface area contributed by atoms with E-state index in [0.717, 1.165) is 29.8 Å². The predicted molar refractivity (Wildman–Crippen MR) is 127 cm³/mol. The molecular formula is C26H28N4O3. The van der Waals surface area contributed by atoms with E-state index in [9.17, 15) is 15.0 Å². The number of nitrogens with zero attached hydrogens (tertiary/aromatic N) is 3. The number of nitrogens with one attached hydrogen (secondary N) is 1. The molecule has 0 unspecified atom stereocenters. The van der Waals surface area contributed by atoms with Crippen LogP contribution in [0.25, 0.3) is 11.1 Å². The number of amides is 2. The van der Waals surface area contributed by atoms with E-state index in [-0.39, 0.29) is 12.6 Å². The summed E-state index contributed by atoms with van der Waals surface area (Å²) in [7, 11) is 1.65. The van der Waals surface area contributed by atoms with Gasteiger partial charge in [-0.1, -0.05) is 48.2 Å². The Bertz CT molecular complexity index is 1150. The van der Waals surface area contributed by atoms with Crippen LogP contribution in [0.4, 0.5) is 4.79 Å². The van der Waals surface area contributed by atoms with E-state index in [1.807, 2.05) is 24.3 Å². The zero-order valence-corrected chi connectivity index (χ0v) is 18.8. The molecule has 0 bridgehead atoms. The molecule has 3 aromatic rings. The number of likely N-dealkylation sites (tertiary alicyclic amines) is 1. The molecule has 2 atom stereocenters. The summed E-state index contributed by atoms with van der Waals surface area (Å²) in [5.74, 6) is 7.04. The van der Waals surface area contributed by atoms with Crippen molar-refractivity contribution < 1.29 is 15.0 Å². The molecule has 2 heterocycles. The third-order valence-corrected chi connectivity index (χ3v) is 5.95. The molecule has 1 aromatic heterocycles. The van der Waals surface area contributed by atoms with Crippen LogP contribution in [0.15, 0.2) is 60.9 Å². The molecule has 2 aromatic carbocycles. The zero-order chi connectivity index (χ0) is 23.4. The Balaban J connectivity index is 1.42. The summed E-state index contributed by atoms with van der Waals surface area (Å²) in [6, 6.07) is 16.0. The van der Waals surface area contributed by atoms with Crippen molar-refractivity contribution >= 4 is 6.03 Å². The number of carbonyl (C=O) groups excluding carboxylic acids is 1. The maximum atomic E-state index is 11.6. The smallest absolute Gasteiger partial charge is 0.317 e. The monoisotopic (exact) mass is 444 g/mol. The summed E-state index contributed by atoms with van der Waals surface area (Å²) in [6.45, 7) is 2.96. The minimum atomic E-state index is -0.736. The Kier molecular flexibility index (Phi) is 6.78. The summed E-state index contributed by atoms with van der Waals surface area (Å²) < 4.78 is 1.70. The third kappa shape index (κ3) is 4.92. The predicted octanol–water partition coefficient (Wildman–Crippen LogP) is 2.93. The molecule has 170 valence electrons. The first-order valence-corrected chi connectivity index (χ1v) is 11.0. The minimum absolute atomic E-state index is 0.0233. The van der Waals surface area contributed by atoms with Gasteiger partial charge in [0.15, 0.2) is 0 Å². The Morgan fingerprint density at radius 3 is 2.36 bits per heavy atom. The molecule has 1 aliphatic heterocycles. The fourth-order valence-corrected chi connectivity index (χ4v) is 3.99. The SMILES string of the molecule is CNC(=O)N1CC(c2ccc(-c3ccc(C#C[C@@H](CO)n4ccnc4[C@H](C)O)cc3)cc2)C1. The van der Waals surface area contributed by atoms with Gasteiger partial charge in [0.05, 0.1) is 6.61 Å². The number of imidazole rings is 1. The number of aliphatic hydroxyl groups excluding tert-OH is 2. The Labute approximate surface area is 193 Å². The van der Waals surface area contributed by atoms with Gasteiger partial charge in [-0.2, -0.15) is 0 Å². The van der Waals surface area contributed by atoms with Crippen molar-refractivity contribution in [2.24, 2.45) is 0 Å². The minimum Gasteiger partial charge on any atom is -0.393 e. The van der Waals surface area contributed by atoms with Gasteiger partial charge in [-0.25, -0.2) is 9.78 Å². The standard InChI is InChI=1S/C26H28N4O3/c1-18(32)25-28-13-14-30(25)24(17-31)12-5-19-3-6-20(7-4-19)21-8-10-22(11-9-21)23-15-29(16-23)26(33)27-2/h3-4,6-11,13-14,18,23-24,31-32H,15-17H2,1-2H3,(H,27,33)/t18-,24-/m0/s1. The second-order valence-electron chi connectivity index (χ2n) is 8.19. The van der Waals surface area contributed by atoms with Crippen molar-refractivity contribution in [1.82, 2.24) is 19.8 Å². The van der Waals surface area contributed by atoms with Crippen LogP contribution in [0, 0.1) is 11.8 Å². The van der Waals surface area contributed by atoms with E-state index in [2.05, 4.69) is 46.4 Å². The summed E-state index contributed by atoms with van der Waals surface area (Å²) in [6.07, 6.45) is 2.57. The number of aromatic nitrogens is 2. The largest absolute Gasteiger partial charge is 0.393 e. The molecule has 1 aliphatic rings. The second kappa shape index (κ2) is 9.90. The molecule has 0 radical (unpaired) electrons. The number of hydrogen-bond donors (Lipinski definition) is 3. The maximum absolute atomic E-state index is 11.6. The average Bonchev–Trinajstić information content (AvgIpc) is 3.29. The van der Waals surface area contributed by atoms with Crippen LogP contribution in [0.2, 0.25) is 0 Å². The highest BCUT2D eigenvalue weighted by Gasteiger charge is 2.31. The Morgan fingerprint density at radius 1 is 1.15 bits per heavy atom. The van der Waals surface area contributed by atoms with Crippen LogP contribution < -0.4 is 5.32 Å². The first-order chi connectivity index (χ1) is 16.0. The summed E-state index contributed by atoms with van der Waals surface area (Å²) in [4.78, 5) is 17.6. The summed E-state index contributed by atoms with van der Waals surface area (Å²) in [5.41, 5.74) is 4.30. The van der Waals surface area contributed by atoms with E-state index >= 15 is 0 Å². The quantitative estimate of drug-likeness (QED) is 0.528. The Morgan fingerprint density at radius 2 is 1.79 bits per heavy atom. The van der Waals surface area contributed by atoms with Crippen molar-refractivity contribution in [2.45, 2.75) is 25.0 Å². The number of rotatable bonds is 5. The zero-order valence-electron chi connectivity index (χ0n) is 18.8. The number of benzene rings is 2. The summed E-state index contributed by atoms with van der Waals surface area (Å²) >= 11 is 0. The fourth-order valence-electron chi connectivity index (χ4n) is 3.99. The lowest BCUT2D eigenvalue weighted by Crippen LogP contribution is -2.51. The highest BCUT2D eigenvalue weighted by molar-refractivity contribution is 5.75. The number of hydrogen-bond acceptors (Lipinski definition) is 4. The van der Waals surface area contributed by atoms with Crippen molar-refractivity contribution in [2.75, 3.05) is 26.7 Å². The van der Waals surface area contributed by atoms with E-state index in [0.29, 0.717) is 11.7 Å². The number of carbonyl (C=O) groups is 1. The molecule has 0 saturated carbocycles. The highest BCUT2D eigenvalue weighted by Crippen LogP contribution is 2.29. The second-order valence-corrected chi connectivity index (χ2v) is 8.19. The van der Waals surface area contributed by atoms with Crippen molar-refractivity contribution in [1.29, 1.82) is 0 Å². The molecule has 4 rings (SSSR count). The van der Waals surface area contributed by atoms with Crippen LogP contribution in [-0.4, -0.2) is 57.4 Å². The lowest BCUT2D eigenvalue weighted by atomic mass is 9.90. The average molecular weight is 445 g/mol. The summed E-state index contributed by atoms with van der Waals surface area (Å²) in [5, 5.41) is 22.3. The van der Waals surface area contributed by atoms with Crippen LogP contribution in [-0.2, 0) is 0 Å². The van der Waals surface area contributed by atoms with Crippen LogP contribution in [0.1, 0.15) is 41.9 Å². The molecule has 3 N–H and O–H groups in total. The number of urea groups is 1. The van der Waals surface area contributed by atoms with E-state index in [4.69, 9.17) is 0 Å². The third-order valence-electron chi connectivity index (χ3n) is 5.95. The molecular weight excluding hydrogens is 416 g/mol.